The van der Waals surface area contributed by atoms with Gasteiger partial charge in [-0.2, -0.15) is 5.10 Å². The van der Waals surface area contributed by atoms with Gasteiger partial charge in [-0.3, -0.25) is 4.79 Å². The van der Waals surface area contributed by atoms with Crippen molar-refractivity contribution in [2.24, 2.45) is 5.92 Å². The van der Waals surface area contributed by atoms with E-state index < -0.39 is 0 Å². The van der Waals surface area contributed by atoms with Gasteiger partial charge in [-0.1, -0.05) is 0 Å². The van der Waals surface area contributed by atoms with Gasteiger partial charge in [-0.15, -0.1) is 11.3 Å². The second-order valence-corrected chi connectivity index (χ2v) is 8.45. The SMILES string of the molecule is Cc1nc(C)n(C2CCCN(C(=O)C3CC3c3ccc(C)s3)C2)n1. The smallest absolute Gasteiger partial charge is 0.226 e. The molecule has 1 amide bonds. The fourth-order valence-corrected chi connectivity index (χ4v) is 4.96. The summed E-state index contributed by atoms with van der Waals surface area (Å²) in [6.45, 7) is 7.71. The largest absolute Gasteiger partial charge is 0.340 e. The highest BCUT2D eigenvalue weighted by molar-refractivity contribution is 7.12. The maximum absolute atomic E-state index is 12.9. The molecule has 1 saturated carbocycles. The standard InChI is InChI=1S/C18H24N4OS/c1-11-6-7-17(24-11)15-9-16(15)18(23)21-8-4-5-14(10-21)22-13(3)19-12(2)20-22/h6-7,14-16H,4-5,8-10H2,1-3H3. The highest BCUT2D eigenvalue weighted by Crippen LogP contribution is 2.50. The summed E-state index contributed by atoms with van der Waals surface area (Å²) in [5, 5.41) is 4.52. The zero-order chi connectivity index (χ0) is 16.8. The van der Waals surface area contributed by atoms with Crippen LogP contribution in [0.3, 0.4) is 0 Å². The highest BCUT2D eigenvalue weighted by atomic mass is 32.1. The van der Waals surface area contributed by atoms with Crippen LogP contribution in [0.1, 0.15) is 52.6 Å². The van der Waals surface area contributed by atoms with E-state index in [4.69, 9.17) is 0 Å². The molecule has 4 rings (SSSR count). The molecule has 24 heavy (non-hydrogen) atoms. The van der Waals surface area contributed by atoms with Gasteiger partial charge >= 0.3 is 0 Å². The van der Waals surface area contributed by atoms with E-state index in [9.17, 15) is 4.79 Å². The van der Waals surface area contributed by atoms with E-state index in [-0.39, 0.29) is 12.0 Å². The minimum atomic E-state index is 0.195. The number of hydrogen-bond donors (Lipinski definition) is 0. The molecule has 3 unspecified atom stereocenters. The summed E-state index contributed by atoms with van der Waals surface area (Å²) in [6.07, 6.45) is 3.14. The first kappa shape index (κ1) is 15.8. The van der Waals surface area contributed by atoms with Gasteiger partial charge in [0.25, 0.3) is 0 Å². The van der Waals surface area contributed by atoms with Crippen molar-refractivity contribution in [2.75, 3.05) is 13.1 Å². The summed E-state index contributed by atoms with van der Waals surface area (Å²) in [5.41, 5.74) is 0. The quantitative estimate of drug-likeness (QED) is 0.859. The van der Waals surface area contributed by atoms with Gasteiger partial charge in [-0.05, 0) is 52.2 Å². The molecule has 3 atom stereocenters. The predicted octanol–water partition coefficient (Wildman–Crippen LogP) is 3.23. The lowest BCUT2D eigenvalue weighted by Gasteiger charge is -2.33. The maximum atomic E-state index is 12.9. The number of carbonyl (C=O) groups excluding carboxylic acids is 1. The Morgan fingerprint density at radius 1 is 1.29 bits per heavy atom. The lowest BCUT2D eigenvalue weighted by molar-refractivity contribution is -0.134. The number of thiophene rings is 1. The molecule has 2 fully saturated rings. The highest BCUT2D eigenvalue weighted by Gasteiger charge is 2.47. The number of hydrogen-bond acceptors (Lipinski definition) is 4. The van der Waals surface area contributed by atoms with E-state index >= 15 is 0 Å². The summed E-state index contributed by atoms with van der Waals surface area (Å²) in [4.78, 5) is 22.1. The molecule has 0 bridgehead atoms. The van der Waals surface area contributed by atoms with Crippen molar-refractivity contribution in [3.05, 3.63) is 33.5 Å². The average molecular weight is 344 g/mol. The molecule has 0 aromatic carbocycles. The van der Waals surface area contributed by atoms with Crippen LogP contribution < -0.4 is 0 Å². The number of aryl methyl sites for hydroxylation is 3. The summed E-state index contributed by atoms with van der Waals surface area (Å²) in [7, 11) is 0. The molecular formula is C18H24N4OS. The Morgan fingerprint density at radius 2 is 2.12 bits per heavy atom. The Hall–Kier alpha value is -1.69. The molecule has 128 valence electrons. The molecule has 0 spiro atoms. The van der Waals surface area contributed by atoms with Crippen LogP contribution in [0.5, 0.6) is 0 Å². The molecule has 2 aromatic rings. The van der Waals surface area contributed by atoms with Crippen LogP contribution in [0.15, 0.2) is 12.1 Å². The minimum absolute atomic E-state index is 0.195. The minimum Gasteiger partial charge on any atom is -0.340 e. The Labute approximate surface area is 146 Å². The van der Waals surface area contributed by atoms with Crippen molar-refractivity contribution in [3.63, 3.8) is 0 Å². The van der Waals surface area contributed by atoms with E-state index in [2.05, 4.69) is 34.0 Å². The van der Waals surface area contributed by atoms with Crippen molar-refractivity contribution in [1.29, 1.82) is 0 Å². The second-order valence-electron chi connectivity index (χ2n) is 7.13. The number of nitrogens with zero attached hydrogens (tertiary/aromatic N) is 4. The number of carbonyl (C=O) groups is 1. The van der Waals surface area contributed by atoms with Crippen molar-refractivity contribution < 1.29 is 4.79 Å². The summed E-state index contributed by atoms with van der Waals surface area (Å²) in [5.74, 6) is 2.74. The Morgan fingerprint density at radius 3 is 2.79 bits per heavy atom. The van der Waals surface area contributed by atoms with Crippen LogP contribution in [0.25, 0.3) is 0 Å². The second kappa shape index (κ2) is 5.99. The van der Waals surface area contributed by atoms with Gasteiger partial charge in [0, 0.05) is 34.7 Å². The van der Waals surface area contributed by atoms with Crippen LogP contribution in [0.4, 0.5) is 0 Å². The normalized spacial score (nSPS) is 26.6. The molecule has 5 nitrogen and oxygen atoms in total. The van der Waals surface area contributed by atoms with Crippen LogP contribution in [-0.2, 0) is 4.79 Å². The number of piperidine rings is 1. The van der Waals surface area contributed by atoms with Gasteiger partial charge in [0.05, 0.1) is 6.04 Å². The van der Waals surface area contributed by atoms with Crippen LogP contribution in [0, 0.1) is 26.7 Å². The average Bonchev–Trinajstić information content (AvgIpc) is 3.13. The van der Waals surface area contributed by atoms with E-state index in [0.29, 0.717) is 11.8 Å². The van der Waals surface area contributed by atoms with Crippen molar-refractivity contribution in [1.82, 2.24) is 19.7 Å². The van der Waals surface area contributed by atoms with Gasteiger partial charge in [0.2, 0.25) is 5.91 Å². The van der Waals surface area contributed by atoms with Crippen LogP contribution >= 0.6 is 11.3 Å². The summed E-state index contributed by atoms with van der Waals surface area (Å²) in [6, 6.07) is 4.62. The molecule has 2 aliphatic rings. The van der Waals surface area contributed by atoms with Crippen LogP contribution in [-0.4, -0.2) is 38.7 Å². The van der Waals surface area contributed by atoms with Crippen LogP contribution in [0.2, 0.25) is 0 Å². The number of likely N-dealkylation sites (tertiary alicyclic amines) is 1. The first-order valence-corrected chi connectivity index (χ1v) is 9.59. The van der Waals surface area contributed by atoms with Gasteiger partial charge in [0.1, 0.15) is 11.6 Å². The van der Waals surface area contributed by atoms with E-state index in [0.717, 1.165) is 44.0 Å². The lowest BCUT2D eigenvalue weighted by Crippen LogP contribution is -2.42. The summed E-state index contributed by atoms with van der Waals surface area (Å²) >= 11 is 1.84. The van der Waals surface area contributed by atoms with E-state index in [1.165, 1.54) is 9.75 Å². The van der Waals surface area contributed by atoms with Crippen molar-refractivity contribution in [2.45, 2.75) is 52.0 Å². The fourth-order valence-electron chi connectivity index (χ4n) is 3.91. The monoisotopic (exact) mass is 344 g/mol. The molecule has 0 radical (unpaired) electrons. The Balaban J connectivity index is 1.43. The topological polar surface area (TPSA) is 51.0 Å². The number of rotatable bonds is 3. The molecule has 1 aliphatic carbocycles. The molecular weight excluding hydrogens is 320 g/mol. The van der Waals surface area contributed by atoms with Gasteiger partial charge < -0.3 is 4.90 Å². The number of aromatic nitrogens is 3. The molecule has 6 heteroatoms. The third-order valence-electron chi connectivity index (χ3n) is 5.20. The third kappa shape index (κ3) is 2.88. The molecule has 1 saturated heterocycles. The van der Waals surface area contributed by atoms with Crippen molar-refractivity contribution in [3.8, 4) is 0 Å². The lowest BCUT2D eigenvalue weighted by atomic mass is 10.0. The molecule has 1 aliphatic heterocycles. The molecule has 2 aromatic heterocycles. The predicted molar refractivity (Wildman–Crippen MR) is 94.3 cm³/mol. The fraction of sp³-hybridized carbons (Fsp3) is 0.611. The summed E-state index contributed by atoms with van der Waals surface area (Å²) < 4.78 is 2.02. The van der Waals surface area contributed by atoms with Crippen molar-refractivity contribution >= 4 is 17.2 Å². The maximum Gasteiger partial charge on any atom is 0.226 e. The Kier molecular flexibility index (Phi) is 3.95. The van der Waals surface area contributed by atoms with Gasteiger partial charge in [0.15, 0.2) is 0 Å². The molecule has 3 heterocycles. The molecule has 0 N–H and O–H groups in total. The first-order chi connectivity index (χ1) is 11.5. The number of amides is 1. The first-order valence-electron chi connectivity index (χ1n) is 8.78. The third-order valence-corrected chi connectivity index (χ3v) is 6.33. The van der Waals surface area contributed by atoms with Gasteiger partial charge in [-0.25, -0.2) is 9.67 Å². The van der Waals surface area contributed by atoms with E-state index in [1.54, 1.807) is 0 Å². The zero-order valence-electron chi connectivity index (χ0n) is 14.5. The Bertz CT molecular complexity index is 765. The van der Waals surface area contributed by atoms with E-state index in [1.807, 2.05) is 29.9 Å². The zero-order valence-corrected chi connectivity index (χ0v) is 15.3.